The van der Waals surface area contributed by atoms with E-state index in [0.29, 0.717) is 33.6 Å². The molecule has 0 saturated heterocycles. The van der Waals surface area contributed by atoms with Gasteiger partial charge in [0.15, 0.2) is 11.5 Å². The van der Waals surface area contributed by atoms with E-state index in [4.69, 9.17) is 9.47 Å². The van der Waals surface area contributed by atoms with Gasteiger partial charge in [-0.1, -0.05) is 12.1 Å². The van der Waals surface area contributed by atoms with E-state index in [9.17, 15) is 9.59 Å². The standard InChI is InChI=1S/C19H20BrNO5/c1-11-14(9-15(24-2)17(25-3)16(11)20)18(22)21-10-12-5-7-13(8-6-12)19(23)26-4/h5-9H,10H2,1-4H3,(H,21,22). The summed E-state index contributed by atoms with van der Waals surface area (Å²) in [6.45, 7) is 2.15. The molecule has 0 saturated carbocycles. The number of rotatable bonds is 6. The van der Waals surface area contributed by atoms with Gasteiger partial charge >= 0.3 is 5.97 Å². The van der Waals surface area contributed by atoms with Gasteiger partial charge in [-0.15, -0.1) is 0 Å². The van der Waals surface area contributed by atoms with Crippen molar-refractivity contribution in [1.29, 1.82) is 0 Å². The fourth-order valence-corrected chi connectivity index (χ4v) is 3.00. The molecule has 0 aliphatic rings. The van der Waals surface area contributed by atoms with E-state index in [1.54, 1.807) is 37.4 Å². The van der Waals surface area contributed by atoms with E-state index in [0.717, 1.165) is 11.1 Å². The smallest absolute Gasteiger partial charge is 0.337 e. The maximum Gasteiger partial charge on any atom is 0.337 e. The summed E-state index contributed by atoms with van der Waals surface area (Å²) in [5.41, 5.74) is 2.56. The van der Waals surface area contributed by atoms with Crippen LogP contribution < -0.4 is 14.8 Å². The number of esters is 1. The number of nitrogens with one attached hydrogen (secondary N) is 1. The maximum absolute atomic E-state index is 12.6. The maximum atomic E-state index is 12.6. The summed E-state index contributed by atoms with van der Waals surface area (Å²) in [4.78, 5) is 24.0. The first-order valence-corrected chi connectivity index (χ1v) is 8.58. The van der Waals surface area contributed by atoms with Crippen LogP contribution in [-0.2, 0) is 11.3 Å². The molecule has 0 spiro atoms. The van der Waals surface area contributed by atoms with Crippen LogP contribution in [-0.4, -0.2) is 33.2 Å². The molecule has 6 nitrogen and oxygen atoms in total. The van der Waals surface area contributed by atoms with Gasteiger partial charge in [0.05, 0.1) is 31.4 Å². The normalized spacial score (nSPS) is 10.2. The summed E-state index contributed by atoms with van der Waals surface area (Å²) in [6, 6.07) is 8.50. The second-order valence-electron chi connectivity index (χ2n) is 5.47. The summed E-state index contributed by atoms with van der Waals surface area (Å²) >= 11 is 3.45. The predicted molar refractivity (Wildman–Crippen MR) is 101 cm³/mol. The molecule has 0 heterocycles. The Morgan fingerprint density at radius 2 is 1.73 bits per heavy atom. The lowest BCUT2D eigenvalue weighted by atomic mass is 10.1. The van der Waals surface area contributed by atoms with E-state index >= 15 is 0 Å². The lowest BCUT2D eigenvalue weighted by Gasteiger charge is -2.15. The predicted octanol–water partition coefficient (Wildman–Crippen LogP) is 3.49. The Bertz CT molecular complexity index is 818. The molecule has 0 atom stereocenters. The molecule has 1 N–H and O–H groups in total. The van der Waals surface area contributed by atoms with E-state index in [2.05, 4.69) is 26.0 Å². The third-order valence-corrected chi connectivity index (χ3v) is 4.88. The largest absolute Gasteiger partial charge is 0.493 e. The van der Waals surface area contributed by atoms with Gasteiger partial charge in [0.1, 0.15) is 0 Å². The molecule has 2 aromatic carbocycles. The minimum absolute atomic E-state index is 0.235. The zero-order chi connectivity index (χ0) is 19.3. The average molecular weight is 422 g/mol. The highest BCUT2D eigenvalue weighted by Crippen LogP contribution is 2.39. The molecule has 0 bridgehead atoms. The Morgan fingerprint density at radius 1 is 1.08 bits per heavy atom. The molecule has 138 valence electrons. The monoisotopic (exact) mass is 421 g/mol. The fraction of sp³-hybridized carbons (Fsp3) is 0.263. The Kier molecular flexibility index (Phi) is 6.63. The molecule has 1 amide bonds. The summed E-state index contributed by atoms with van der Waals surface area (Å²) in [7, 11) is 4.39. The number of benzene rings is 2. The topological polar surface area (TPSA) is 73.9 Å². The average Bonchev–Trinajstić information content (AvgIpc) is 2.67. The molecule has 0 fully saturated rings. The van der Waals surface area contributed by atoms with Crippen molar-refractivity contribution in [2.45, 2.75) is 13.5 Å². The van der Waals surface area contributed by atoms with Crippen LogP contribution >= 0.6 is 15.9 Å². The number of ether oxygens (including phenoxy) is 3. The van der Waals surface area contributed by atoms with E-state index in [1.165, 1.54) is 14.2 Å². The molecule has 0 aliphatic carbocycles. The van der Waals surface area contributed by atoms with Crippen molar-refractivity contribution in [1.82, 2.24) is 5.32 Å². The first-order valence-electron chi connectivity index (χ1n) is 7.79. The van der Waals surface area contributed by atoms with Gasteiger partial charge in [-0.05, 0) is 52.2 Å². The summed E-state index contributed by atoms with van der Waals surface area (Å²) < 4.78 is 15.9. The number of halogens is 1. The third-order valence-electron chi connectivity index (χ3n) is 3.93. The van der Waals surface area contributed by atoms with Crippen molar-refractivity contribution in [3.63, 3.8) is 0 Å². The van der Waals surface area contributed by atoms with Gasteiger partial charge in [0, 0.05) is 12.1 Å². The SMILES string of the molecule is COC(=O)c1ccc(CNC(=O)c2cc(OC)c(OC)c(Br)c2C)cc1. The summed E-state index contributed by atoms with van der Waals surface area (Å²) in [5.74, 6) is 0.380. The van der Waals surface area contributed by atoms with Crippen LogP contribution in [0.5, 0.6) is 11.5 Å². The van der Waals surface area contributed by atoms with E-state index in [1.807, 2.05) is 6.92 Å². The van der Waals surface area contributed by atoms with Crippen LogP contribution in [0.15, 0.2) is 34.8 Å². The first-order chi connectivity index (χ1) is 12.4. The Labute approximate surface area is 160 Å². The highest BCUT2D eigenvalue weighted by Gasteiger charge is 2.19. The second-order valence-corrected chi connectivity index (χ2v) is 6.26. The van der Waals surface area contributed by atoms with Crippen LogP contribution in [0.2, 0.25) is 0 Å². The minimum atomic E-state index is -0.397. The van der Waals surface area contributed by atoms with Crippen molar-refractivity contribution in [2.75, 3.05) is 21.3 Å². The first kappa shape index (κ1) is 19.8. The Balaban J connectivity index is 2.15. The van der Waals surface area contributed by atoms with Crippen LogP contribution in [0.4, 0.5) is 0 Å². The number of hydrogen-bond acceptors (Lipinski definition) is 5. The van der Waals surface area contributed by atoms with Crippen molar-refractivity contribution in [3.05, 3.63) is 57.1 Å². The van der Waals surface area contributed by atoms with Crippen LogP contribution in [0.3, 0.4) is 0 Å². The molecule has 7 heteroatoms. The molecule has 2 aromatic rings. The van der Waals surface area contributed by atoms with Crippen molar-refractivity contribution in [3.8, 4) is 11.5 Å². The lowest BCUT2D eigenvalue weighted by Crippen LogP contribution is -2.24. The van der Waals surface area contributed by atoms with Gasteiger partial charge in [0.25, 0.3) is 5.91 Å². The molecule has 26 heavy (non-hydrogen) atoms. The molecule has 0 aliphatic heterocycles. The zero-order valence-electron chi connectivity index (χ0n) is 15.0. The number of carbonyl (C=O) groups is 2. The van der Waals surface area contributed by atoms with Crippen LogP contribution in [0, 0.1) is 6.92 Å². The van der Waals surface area contributed by atoms with Crippen molar-refractivity contribution in [2.24, 2.45) is 0 Å². The minimum Gasteiger partial charge on any atom is -0.493 e. The van der Waals surface area contributed by atoms with E-state index in [-0.39, 0.29) is 5.91 Å². The number of methoxy groups -OCH3 is 3. The van der Waals surface area contributed by atoms with Gasteiger partial charge in [-0.25, -0.2) is 4.79 Å². The summed E-state index contributed by atoms with van der Waals surface area (Å²) in [6.07, 6.45) is 0. The lowest BCUT2D eigenvalue weighted by molar-refractivity contribution is 0.0600. The molecule has 0 radical (unpaired) electrons. The Morgan fingerprint density at radius 3 is 2.27 bits per heavy atom. The highest BCUT2D eigenvalue weighted by molar-refractivity contribution is 9.10. The zero-order valence-corrected chi connectivity index (χ0v) is 16.6. The molecular formula is C19H20BrNO5. The summed E-state index contributed by atoms with van der Waals surface area (Å²) in [5, 5.41) is 2.86. The molecule has 0 aromatic heterocycles. The van der Waals surface area contributed by atoms with E-state index < -0.39 is 5.97 Å². The van der Waals surface area contributed by atoms with Gasteiger partial charge in [0.2, 0.25) is 0 Å². The number of hydrogen-bond donors (Lipinski definition) is 1. The van der Waals surface area contributed by atoms with Crippen LogP contribution in [0.1, 0.15) is 31.8 Å². The third kappa shape index (κ3) is 4.16. The highest BCUT2D eigenvalue weighted by atomic mass is 79.9. The molecule has 0 unspecified atom stereocenters. The van der Waals surface area contributed by atoms with Crippen molar-refractivity contribution < 1.29 is 23.8 Å². The van der Waals surface area contributed by atoms with Gasteiger partial charge < -0.3 is 19.5 Å². The Hall–Kier alpha value is -2.54. The van der Waals surface area contributed by atoms with Crippen LogP contribution in [0.25, 0.3) is 0 Å². The quantitative estimate of drug-likeness (QED) is 0.722. The fourth-order valence-electron chi connectivity index (χ4n) is 2.43. The van der Waals surface area contributed by atoms with Gasteiger partial charge in [-0.3, -0.25) is 4.79 Å². The second kappa shape index (κ2) is 8.71. The molecule has 2 rings (SSSR count). The number of amides is 1. The molecular weight excluding hydrogens is 402 g/mol. The van der Waals surface area contributed by atoms with Crippen molar-refractivity contribution >= 4 is 27.8 Å². The van der Waals surface area contributed by atoms with Gasteiger partial charge in [-0.2, -0.15) is 0 Å². The number of carbonyl (C=O) groups excluding carboxylic acids is 2.